The topological polar surface area (TPSA) is 76.4 Å². The van der Waals surface area contributed by atoms with Crippen LogP contribution in [0.15, 0.2) is 53.7 Å². The van der Waals surface area contributed by atoms with Crippen LogP contribution in [0.25, 0.3) is 5.69 Å². The standard InChI is InChI=1S/C23H30N6O/c1-5-12-30-22-11-10-19(14-25-22)15-26-23(24-4)27-16-20-8-6-7-9-21(20)29-18(3)13-17(2)28-29/h6-11,13-14H,5,12,15-16H2,1-4H3,(H2,24,26,27). The van der Waals surface area contributed by atoms with Crippen molar-refractivity contribution in [3.05, 3.63) is 71.2 Å². The van der Waals surface area contributed by atoms with E-state index >= 15 is 0 Å². The van der Waals surface area contributed by atoms with Gasteiger partial charge in [-0.05, 0) is 43.5 Å². The largest absolute Gasteiger partial charge is 0.478 e. The molecule has 2 N–H and O–H groups in total. The summed E-state index contributed by atoms with van der Waals surface area (Å²) in [5.74, 6) is 1.38. The van der Waals surface area contributed by atoms with Crippen molar-refractivity contribution in [1.82, 2.24) is 25.4 Å². The maximum Gasteiger partial charge on any atom is 0.213 e. The Kier molecular flexibility index (Phi) is 7.43. The molecule has 3 aromatic rings. The van der Waals surface area contributed by atoms with Crippen molar-refractivity contribution in [3.63, 3.8) is 0 Å². The minimum atomic E-state index is 0.625. The second-order valence-electron chi connectivity index (χ2n) is 7.10. The zero-order valence-corrected chi connectivity index (χ0v) is 18.1. The lowest BCUT2D eigenvalue weighted by atomic mass is 10.1. The van der Waals surface area contributed by atoms with Crippen LogP contribution in [-0.4, -0.2) is 34.4 Å². The molecule has 0 radical (unpaired) electrons. The molecule has 0 aliphatic rings. The predicted molar refractivity (Wildman–Crippen MR) is 120 cm³/mol. The highest BCUT2D eigenvalue weighted by Gasteiger charge is 2.09. The summed E-state index contributed by atoms with van der Waals surface area (Å²) in [7, 11) is 1.77. The van der Waals surface area contributed by atoms with E-state index in [1.165, 1.54) is 0 Å². The monoisotopic (exact) mass is 406 g/mol. The van der Waals surface area contributed by atoms with Crippen molar-refractivity contribution in [3.8, 4) is 11.6 Å². The Hall–Kier alpha value is -3.35. The number of rotatable bonds is 8. The molecule has 0 saturated heterocycles. The van der Waals surface area contributed by atoms with Crippen molar-refractivity contribution < 1.29 is 4.74 Å². The van der Waals surface area contributed by atoms with Gasteiger partial charge >= 0.3 is 0 Å². The van der Waals surface area contributed by atoms with Crippen LogP contribution in [0.4, 0.5) is 0 Å². The van der Waals surface area contributed by atoms with Gasteiger partial charge in [-0.3, -0.25) is 4.99 Å². The lowest BCUT2D eigenvalue weighted by molar-refractivity contribution is 0.305. The molecule has 0 atom stereocenters. The molecule has 0 aliphatic heterocycles. The summed E-state index contributed by atoms with van der Waals surface area (Å²) in [6.45, 7) is 8.09. The number of hydrogen-bond donors (Lipinski definition) is 2. The third-order valence-electron chi connectivity index (χ3n) is 4.61. The summed E-state index contributed by atoms with van der Waals surface area (Å²) in [6.07, 6.45) is 2.79. The summed E-state index contributed by atoms with van der Waals surface area (Å²) in [5.41, 5.74) is 5.39. The Morgan fingerprint density at radius 3 is 2.57 bits per heavy atom. The molecule has 30 heavy (non-hydrogen) atoms. The summed E-state index contributed by atoms with van der Waals surface area (Å²) in [5, 5.41) is 11.3. The number of nitrogens with zero attached hydrogens (tertiary/aromatic N) is 4. The molecule has 0 spiro atoms. The first-order chi connectivity index (χ1) is 14.6. The van der Waals surface area contributed by atoms with Crippen LogP contribution in [0.3, 0.4) is 0 Å². The van der Waals surface area contributed by atoms with Gasteiger partial charge in [0, 0.05) is 38.1 Å². The number of aromatic nitrogens is 3. The van der Waals surface area contributed by atoms with E-state index in [1.54, 1.807) is 7.05 Å². The van der Waals surface area contributed by atoms with Gasteiger partial charge < -0.3 is 15.4 Å². The summed E-state index contributed by atoms with van der Waals surface area (Å²) < 4.78 is 7.51. The number of pyridine rings is 1. The second-order valence-corrected chi connectivity index (χ2v) is 7.10. The van der Waals surface area contributed by atoms with Crippen molar-refractivity contribution in [2.75, 3.05) is 13.7 Å². The van der Waals surface area contributed by atoms with Crippen molar-refractivity contribution in [1.29, 1.82) is 0 Å². The van der Waals surface area contributed by atoms with Gasteiger partial charge in [0.1, 0.15) is 0 Å². The molecular weight excluding hydrogens is 376 g/mol. The minimum Gasteiger partial charge on any atom is -0.478 e. The minimum absolute atomic E-state index is 0.625. The molecule has 7 heteroatoms. The smallest absolute Gasteiger partial charge is 0.213 e. The van der Waals surface area contributed by atoms with E-state index in [4.69, 9.17) is 4.74 Å². The van der Waals surface area contributed by atoms with Crippen molar-refractivity contribution >= 4 is 5.96 Å². The Balaban J connectivity index is 1.59. The zero-order valence-electron chi connectivity index (χ0n) is 18.1. The quantitative estimate of drug-likeness (QED) is 0.442. The first-order valence-electron chi connectivity index (χ1n) is 10.2. The van der Waals surface area contributed by atoms with Crippen LogP contribution < -0.4 is 15.4 Å². The fourth-order valence-corrected chi connectivity index (χ4v) is 3.13. The number of hydrogen-bond acceptors (Lipinski definition) is 4. The predicted octanol–water partition coefficient (Wildman–Crippen LogP) is 3.54. The van der Waals surface area contributed by atoms with Gasteiger partial charge in [-0.2, -0.15) is 5.10 Å². The maximum atomic E-state index is 5.53. The molecule has 0 bridgehead atoms. The molecule has 0 unspecified atom stereocenters. The molecule has 3 rings (SSSR count). The molecule has 158 valence electrons. The Morgan fingerprint density at radius 2 is 1.90 bits per heavy atom. The average molecular weight is 407 g/mol. The summed E-state index contributed by atoms with van der Waals surface area (Å²) in [4.78, 5) is 8.66. The molecule has 7 nitrogen and oxygen atoms in total. The highest BCUT2D eigenvalue weighted by atomic mass is 16.5. The number of benzene rings is 1. The lowest BCUT2D eigenvalue weighted by Gasteiger charge is -2.15. The number of para-hydroxylation sites is 1. The fraction of sp³-hybridized carbons (Fsp3) is 0.348. The van der Waals surface area contributed by atoms with Crippen LogP contribution in [0.1, 0.15) is 35.9 Å². The number of nitrogens with one attached hydrogen (secondary N) is 2. The van der Waals surface area contributed by atoms with Gasteiger partial charge in [0.25, 0.3) is 0 Å². The van der Waals surface area contributed by atoms with Gasteiger partial charge in [0.15, 0.2) is 5.96 Å². The van der Waals surface area contributed by atoms with Gasteiger partial charge in [-0.1, -0.05) is 31.2 Å². The van der Waals surface area contributed by atoms with Crippen LogP contribution >= 0.6 is 0 Å². The molecular formula is C23H30N6O. The van der Waals surface area contributed by atoms with E-state index < -0.39 is 0 Å². The van der Waals surface area contributed by atoms with Gasteiger partial charge in [0.2, 0.25) is 5.88 Å². The molecule has 0 saturated carbocycles. The molecule has 2 heterocycles. The molecule has 0 fully saturated rings. The lowest BCUT2D eigenvalue weighted by Crippen LogP contribution is -2.36. The summed E-state index contributed by atoms with van der Waals surface area (Å²) >= 11 is 0. The van der Waals surface area contributed by atoms with Crippen LogP contribution in [-0.2, 0) is 13.1 Å². The van der Waals surface area contributed by atoms with E-state index in [2.05, 4.69) is 57.8 Å². The third kappa shape index (κ3) is 5.59. The van der Waals surface area contributed by atoms with Gasteiger partial charge in [-0.15, -0.1) is 0 Å². The molecule has 2 aromatic heterocycles. The molecule has 1 aromatic carbocycles. The fourth-order valence-electron chi connectivity index (χ4n) is 3.13. The maximum absolute atomic E-state index is 5.53. The first-order valence-corrected chi connectivity index (χ1v) is 10.2. The van der Waals surface area contributed by atoms with E-state index in [9.17, 15) is 0 Å². The van der Waals surface area contributed by atoms with Crippen molar-refractivity contribution in [2.24, 2.45) is 4.99 Å². The van der Waals surface area contributed by atoms with E-state index in [-0.39, 0.29) is 0 Å². The zero-order chi connectivity index (χ0) is 21.3. The normalized spacial score (nSPS) is 11.4. The third-order valence-corrected chi connectivity index (χ3v) is 4.61. The Bertz CT molecular complexity index is 978. The highest BCUT2D eigenvalue weighted by molar-refractivity contribution is 5.79. The molecule has 0 aliphatic carbocycles. The summed E-state index contributed by atoms with van der Waals surface area (Å²) in [6, 6.07) is 14.2. The van der Waals surface area contributed by atoms with Gasteiger partial charge in [-0.25, -0.2) is 9.67 Å². The Labute approximate surface area is 178 Å². The highest BCUT2D eigenvalue weighted by Crippen LogP contribution is 2.17. The number of guanidine groups is 1. The van der Waals surface area contributed by atoms with E-state index in [0.29, 0.717) is 25.6 Å². The number of aryl methyl sites for hydroxylation is 2. The average Bonchev–Trinajstić information content (AvgIpc) is 3.11. The number of ether oxygens (including phenoxy) is 1. The number of aliphatic imine (C=N–C) groups is 1. The van der Waals surface area contributed by atoms with Crippen LogP contribution in [0.2, 0.25) is 0 Å². The van der Waals surface area contributed by atoms with Gasteiger partial charge in [0.05, 0.1) is 18.0 Å². The second kappa shape index (κ2) is 10.4. The van der Waals surface area contributed by atoms with E-state index in [0.717, 1.165) is 40.6 Å². The van der Waals surface area contributed by atoms with E-state index in [1.807, 2.05) is 42.1 Å². The Morgan fingerprint density at radius 1 is 1.10 bits per heavy atom. The molecule has 0 amide bonds. The first kappa shape index (κ1) is 21.4. The van der Waals surface area contributed by atoms with Crippen molar-refractivity contribution in [2.45, 2.75) is 40.3 Å². The van der Waals surface area contributed by atoms with Crippen LogP contribution in [0, 0.1) is 13.8 Å². The van der Waals surface area contributed by atoms with Crippen LogP contribution in [0.5, 0.6) is 5.88 Å². The SMILES string of the molecule is CCCOc1ccc(CNC(=NC)NCc2ccccc2-n2nc(C)cc2C)cn1.